The molecule has 0 atom stereocenters. The van der Waals surface area contributed by atoms with Crippen molar-refractivity contribution in [3.05, 3.63) is 48.2 Å². The zero-order valence-corrected chi connectivity index (χ0v) is 10.8. The number of nitrogens with one attached hydrogen (secondary N) is 2. The van der Waals surface area contributed by atoms with E-state index in [4.69, 9.17) is 5.84 Å². The fourth-order valence-electron chi connectivity index (χ4n) is 1.40. The minimum absolute atomic E-state index is 0.208. The minimum atomic E-state index is -4.07. The third-order valence-electron chi connectivity index (χ3n) is 2.37. The number of nitrogens with zero attached hydrogens (tertiary/aromatic N) is 1. The summed E-state index contributed by atoms with van der Waals surface area (Å²) >= 11 is 0. The van der Waals surface area contributed by atoms with Crippen molar-refractivity contribution in [3.63, 3.8) is 0 Å². The molecule has 0 amide bonds. The Kier molecular flexibility index (Phi) is 3.81. The number of hydrogen-bond donors (Lipinski definition) is 3. The molecule has 1 aromatic carbocycles. The lowest BCUT2D eigenvalue weighted by Crippen LogP contribution is -2.15. The average molecular weight is 300 g/mol. The van der Waals surface area contributed by atoms with Gasteiger partial charge < -0.3 is 5.43 Å². The smallest absolute Gasteiger partial charge is 0.263 e. The zero-order chi connectivity index (χ0) is 14.8. The monoisotopic (exact) mass is 300 g/mol. The molecule has 0 aliphatic heterocycles. The molecular formula is C11H10F2N4O2S. The summed E-state index contributed by atoms with van der Waals surface area (Å²) in [5.74, 6) is 3.72. The summed E-state index contributed by atoms with van der Waals surface area (Å²) in [7, 11) is -4.07. The third-order valence-corrected chi connectivity index (χ3v) is 3.72. The van der Waals surface area contributed by atoms with Gasteiger partial charge in [-0.15, -0.1) is 0 Å². The van der Waals surface area contributed by atoms with Crippen LogP contribution in [0.2, 0.25) is 0 Å². The molecule has 6 nitrogen and oxygen atoms in total. The Bertz CT molecular complexity index is 720. The lowest BCUT2D eigenvalue weighted by Gasteiger charge is -2.09. The van der Waals surface area contributed by atoms with Gasteiger partial charge in [0.2, 0.25) is 0 Å². The van der Waals surface area contributed by atoms with Gasteiger partial charge in [-0.25, -0.2) is 28.0 Å². The molecule has 2 rings (SSSR count). The summed E-state index contributed by atoms with van der Waals surface area (Å²) in [6, 6.07) is 5.01. The quantitative estimate of drug-likeness (QED) is 0.586. The largest absolute Gasteiger partial charge is 0.308 e. The maximum Gasteiger partial charge on any atom is 0.263 e. The summed E-state index contributed by atoms with van der Waals surface area (Å²) in [5.41, 5.74) is 1.76. The molecule has 9 heteroatoms. The van der Waals surface area contributed by atoms with Crippen LogP contribution in [0.5, 0.6) is 0 Å². The molecule has 1 heterocycles. The lowest BCUT2D eigenvalue weighted by molar-refractivity contribution is 0.594. The number of nitrogens with two attached hydrogens (primary N) is 1. The first-order valence-electron chi connectivity index (χ1n) is 5.33. The maximum absolute atomic E-state index is 13.4. The molecule has 0 spiro atoms. The molecule has 4 N–H and O–H groups in total. The van der Waals surface area contributed by atoms with E-state index in [2.05, 4.69) is 10.4 Å². The number of anilines is 2. The van der Waals surface area contributed by atoms with Crippen LogP contribution in [-0.4, -0.2) is 13.4 Å². The highest BCUT2D eigenvalue weighted by molar-refractivity contribution is 7.92. The predicted octanol–water partition coefficient (Wildman–Crippen LogP) is 1.45. The van der Waals surface area contributed by atoms with Gasteiger partial charge in [-0.05, 0) is 24.3 Å². The minimum Gasteiger partial charge on any atom is -0.308 e. The van der Waals surface area contributed by atoms with Gasteiger partial charge in [-0.3, -0.25) is 4.72 Å². The Morgan fingerprint density at radius 1 is 1.15 bits per heavy atom. The Morgan fingerprint density at radius 3 is 2.50 bits per heavy atom. The van der Waals surface area contributed by atoms with Crippen LogP contribution in [0.4, 0.5) is 20.3 Å². The van der Waals surface area contributed by atoms with Crippen LogP contribution in [0.1, 0.15) is 0 Å². The second-order valence-corrected chi connectivity index (χ2v) is 5.44. The van der Waals surface area contributed by atoms with Crippen molar-refractivity contribution in [3.8, 4) is 0 Å². The second kappa shape index (κ2) is 5.39. The van der Waals surface area contributed by atoms with E-state index in [1.54, 1.807) is 0 Å². The highest BCUT2D eigenvalue weighted by Gasteiger charge is 2.17. The lowest BCUT2D eigenvalue weighted by atomic mass is 10.3. The molecule has 0 aliphatic carbocycles. The summed E-state index contributed by atoms with van der Waals surface area (Å²) in [6.45, 7) is 0. The van der Waals surface area contributed by atoms with E-state index in [0.29, 0.717) is 0 Å². The van der Waals surface area contributed by atoms with Crippen LogP contribution in [0, 0.1) is 11.6 Å². The van der Waals surface area contributed by atoms with Crippen molar-refractivity contribution in [2.75, 3.05) is 10.1 Å². The first-order chi connectivity index (χ1) is 9.42. The summed E-state index contributed by atoms with van der Waals surface area (Å²) in [4.78, 5) is 3.51. The fourth-order valence-corrected chi connectivity index (χ4v) is 2.41. The summed E-state index contributed by atoms with van der Waals surface area (Å²) in [6.07, 6.45) is 1.04. The molecule has 20 heavy (non-hydrogen) atoms. The molecule has 0 saturated heterocycles. The molecule has 0 unspecified atom stereocenters. The Labute approximate surface area is 113 Å². The van der Waals surface area contributed by atoms with E-state index in [1.165, 1.54) is 12.1 Å². The van der Waals surface area contributed by atoms with E-state index < -0.39 is 27.3 Å². The van der Waals surface area contributed by atoms with Gasteiger partial charge in [-0.1, -0.05) is 0 Å². The van der Waals surface area contributed by atoms with Crippen LogP contribution in [0.3, 0.4) is 0 Å². The zero-order valence-electron chi connectivity index (χ0n) is 9.97. The van der Waals surface area contributed by atoms with E-state index >= 15 is 0 Å². The number of aromatic nitrogens is 1. The van der Waals surface area contributed by atoms with Crippen molar-refractivity contribution >= 4 is 21.5 Å². The van der Waals surface area contributed by atoms with Gasteiger partial charge >= 0.3 is 0 Å². The van der Waals surface area contributed by atoms with Crippen LogP contribution < -0.4 is 16.0 Å². The molecule has 0 aliphatic rings. The second-order valence-electron chi connectivity index (χ2n) is 3.75. The Morgan fingerprint density at radius 2 is 1.90 bits per heavy atom. The third kappa shape index (κ3) is 3.00. The summed E-state index contributed by atoms with van der Waals surface area (Å²) in [5, 5.41) is 0. The van der Waals surface area contributed by atoms with Gasteiger partial charge in [0.05, 0.1) is 5.69 Å². The summed E-state index contributed by atoms with van der Waals surface area (Å²) < 4.78 is 52.3. The van der Waals surface area contributed by atoms with Gasteiger partial charge in [0.15, 0.2) is 0 Å². The number of pyridine rings is 1. The van der Waals surface area contributed by atoms with E-state index in [1.807, 2.05) is 4.72 Å². The van der Waals surface area contributed by atoms with Crippen molar-refractivity contribution in [2.24, 2.45) is 5.84 Å². The van der Waals surface area contributed by atoms with Crippen LogP contribution in [-0.2, 0) is 10.0 Å². The maximum atomic E-state index is 13.4. The van der Waals surface area contributed by atoms with Gasteiger partial charge in [0.1, 0.15) is 22.3 Å². The molecule has 106 valence electrons. The average Bonchev–Trinajstić information content (AvgIpc) is 2.43. The highest BCUT2D eigenvalue weighted by Crippen LogP contribution is 2.20. The van der Waals surface area contributed by atoms with Crippen molar-refractivity contribution in [2.45, 2.75) is 4.90 Å². The number of nitrogen functional groups attached to an aromatic ring is 1. The number of rotatable bonds is 4. The fraction of sp³-hybridized carbons (Fsp3) is 0. The first-order valence-corrected chi connectivity index (χ1v) is 6.81. The van der Waals surface area contributed by atoms with Crippen LogP contribution in [0.25, 0.3) is 0 Å². The number of halogens is 2. The van der Waals surface area contributed by atoms with Crippen molar-refractivity contribution in [1.82, 2.24) is 4.98 Å². The first kappa shape index (κ1) is 14.2. The van der Waals surface area contributed by atoms with Crippen LogP contribution in [0.15, 0.2) is 41.4 Å². The molecule has 1 aromatic heterocycles. The normalized spacial score (nSPS) is 11.2. The molecule has 2 aromatic rings. The van der Waals surface area contributed by atoms with Gasteiger partial charge in [-0.2, -0.15) is 0 Å². The van der Waals surface area contributed by atoms with Crippen molar-refractivity contribution in [1.29, 1.82) is 0 Å². The predicted molar refractivity (Wildman–Crippen MR) is 69.2 cm³/mol. The van der Waals surface area contributed by atoms with Gasteiger partial charge in [0.25, 0.3) is 10.0 Å². The molecule has 0 saturated carbocycles. The topological polar surface area (TPSA) is 97.1 Å². The highest BCUT2D eigenvalue weighted by atomic mass is 32.2. The molecule has 0 radical (unpaired) electrons. The van der Waals surface area contributed by atoms with E-state index in [0.717, 1.165) is 24.4 Å². The number of hydrazine groups is 1. The Balaban J connectivity index is 2.32. The SMILES string of the molecule is NNc1ccc(S(=O)(=O)Nc2cc(F)ccc2F)cn1. The standard InChI is InChI=1S/C11H10F2N4O2S/c12-7-1-3-9(13)10(5-7)17-20(18,19)8-2-4-11(16-14)15-6-8/h1-6,17H,14H2,(H,15,16). The molecule has 0 fully saturated rings. The molecule has 0 bridgehead atoms. The van der Waals surface area contributed by atoms with E-state index in [9.17, 15) is 17.2 Å². The van der Waals surface area contributed by atoms with Crippen molar-refractivity contribution < 1.29 is 17.2 Å². The molecular weight excluding hydrogens is 290 g/mol. The number of hydrogen-bond acceptors (Lipinski definition) is 5. The van der Waals surface area contributed by atoms with Gasteiger partial charge in [0, 0.05) is 12.3 Å². The number of sulfonamides is 1. The van der Waals surface area contributed by atoms with E-state index in [-0.39, 0.29) is 10.7 Å². The van der Waals surface area contributed by atoms with Crippen LogP contribution >= 0.6 is 0 Å². The number of benzene rings is 1. The Hall–Kier alpha value is -2.26.